The van der Waals surface area contributed by atoms with Crippen molar-refractivity contribution in [1.29, 1.82) is 0 Å². The van der Waals surface area contributed by atoms with Gasteiger partial charge in [0, 0.05) is 24.0 Å². The zero-order valence-electron chi connectivity index (χ0n) is 8.27. The summed E-state index contributed by atoms with van der Waals surface area (Å²) < 4.78 is 0. The van der Waals surface area contributed by atoms with Crippen LogP contribution in [0.15, 0.2) is 18.7 Å². The fourth-order valence-corrected chi connectivity index (χ4v) is 1.55. The van der Waals surface area contributed by atoms with Gasteiger partial charge in [-0.25, -0.2) is 9.97 Å². The van der Waals surface area contributed by atoms with E-state index in [2.05, 4.69) is 23.8 Å². The second-order valence-corrected chi connectivity index (χ2v) is 3.27. The summed E-state index contributed by atoms with van der Waals surface area (Å²) in [4.78, 5) is 7.93. The van der Waals surface area contributed by atoms with Crippen LogP contribution in [0, 0.1) is 5.92 Å². The number of hydrogen-bond donors (Lipinski definition) is 1. The highest BCUT2D eigenvalue weighted by Crippen LogP contribution is 2.23. The van der Waals surface area contributed by atoms with Crippen LogP contribution >= 0.6 is 0 Å². The molecule has 2 N–H and O–H groups in total. The third-order valence-corrected chi connectivity index (χ3v) is 2.52. The molecule has 0 saturated carbocycles. The predicted molar refractivity (Wildman–Crippen MR) is 53.0 cm³/mol. The molecule has 1 unspecified atom stereocenters. The summed E-state index contributed by atoms with van der Waals surface area (Å²) in [7, 11) is 0. The predicted octanol–water partition coefficient (Wildman–Crippen LogP) is 1.91. The molecule has 3 nitrogen and oxygen atoms in total. The first kappa shape index (κ1) is 10.1. The maximum Gasteiger partial charge on any atom is 0.115 e. The summed E-state index contributed by atoms with van der Waals surface area (Å²) in [5.74, 6) is 0.533. The Kier molecular flexibility index (Phi) is 3.83. The Morgan fingerprint density at radius 2 is 1.77 bits per heavy atom. The number of aromatic nitrogens is 2. The van der Waals surface area contributed by atoms with Crippen LogP contribution in [0.25, 0.3) is 0 Å². The first-order chi connectivity index (χ1) is 6.29. The molecule has 13 heavy (non-hydrogen) atoms. The van der Waals surface area contributed by atoms with Crippen LogP contribution in [0.3, 0.4) is 0 Å². The van der Waals surface area contributed by atoms with Gasteiger partial charge in [-0.15, -0.1) is 0 Å². The molecule has 0 bridgehead atoms. The summed E-state index contributed by atoms with van der Waals surface area (Å²) in [6.07, 6.45) is 7.34. The Hall–Kier alpha value is -0.960. The third-order valence-electron chi connectivity index (χ3n) is 2.52. The van der Waals surface area contributed by atoms with Gasteiger partial charge < -0.3 is 5.73 Å². The topological polar surface area (TPSA) is 51.8 Å². The van der Waals surface area contributed by atoms with E-state index in [0.717, 1.165) is 18.4 Å². The molecule has 0 amide bonds. The number of nitrogens with zero attached hydrogens (tertiary/aromatic N) is 2. The Morgan fingerprint density at radius 1 is 1.23 bits per heavy atom. The van der Waals surface area contributed by atoms with E-state index in [0.29, 0.717) is 5.92 Å². The van der Waals surface area contributed by atoms with Crippen molar-refractivity contribution >= 4 is 0 Å². The van der Waals surface area contributed by atoms with Crippen LogP contribution in [0.1, 0.15) is 38.3 Å². The second-order valence-electron chi connectivity index (χ2n) is 3.27. The van der Waals surface area contributed by atoms with E-state index >= 15 is 0 Å². The van der Waals surface area contributed by atoms with Gasteiger partial charge in [0.05, 0.1) is 0 Å². The lowest BCUT2D eigenvalue weighted by molar-refractivity contribution is 0.404. The molecule has 0 saturated heterocycles. The minimum atomic E-state index is 0.0798. The standard InChI is InChI=1S/C10H17N3/c1-3-8(4-2)10(11)9-5-12-7-13-6-9/h5-8,10H,3-4,11H2,1-2H3. The lowest BCUT2D eigenvalue weighted by Crippen LogP contribution is -2.20. The Morgan fingerprint density at radius 3 is 2.23 bits per heavy atom. The smallest absolute Gasteiger partial charge is 0.115 e. The molecule has 3 heteroatoms. The highest BCUT2D eigenvalue weighted by Gasteiger charge is 2.15. The molecule has 0 radical (unpaired) electrons. The largest absolute Gasteiger partial charge is 0.324 e. The quantitative estimate of drug-likeness (QED) is 0.768. The fourth-order valence-electron chi connectivity index (χ4n) is 1.55. The number of rotatable bonds is 4. The molecule has 1 aromatic heterocycles. The van der Waals surface area contributed by atoms with E-state index in [1.165, 1.54) is 6.33 Å². The van der Waals surface area contributed by atoms with Gasteiger partial charge in [0.25, 0.3) is 0 Å². The zero-order valence-corrected chi connectivity index (χ0v) is 8.27. The Bertz CT molecular complexity index is 231. The van der Waals surface area contributed by atoms with Crippen LogP contribution in [-0.2, 0) is 0 Å². The van der Waals surface area contributed by atoms with Crippen molar-refractivity contribution < 1.29 is 0 Å². The van der Waals surface area contributed by atoms with Crippen molar-refractivity contribution in [3.63, 3.8) is 0 Å². The average molecular weight is 179 g/mol. The van der Waals surface area contributed by atoms with E-state index in [9.17, 15) is 0 Å². The highest BCUT2D eigenvalue weighted by molar-refractivity contribution is 5.09. The molecule has 0 aliphatic heterocycles. The molecule has 0 aliphatic carbocycles. The Labute approximate surface area is 79.4 Å². The van der Waals surface area contributed by atoms with Crippen molar-refractivity contribution in [3.8, 4) is 0 Å². The van der Waals surface area contributed by atoms with Gasteiger partial charge in [-0.3, -0.25) is 0 Å². The molecule has 0 aromatic carbocycles. The second kappa shape index (κ2) is 4.92. The van der Waals surface area contributed by atoms with Gasteiger partial charge in [-0.1, -0.05) is 26.7 Å². The van der Waals surface area contributed by atoms with Crippen molar-refractivity contribution in [2.24, 2.45) is 11.7 Å². The summed E-state index contributed by atoms with van der Waals surface area (Å²) in [5, 5.41) is 0. The van der Waals surface area contributed by atoms with E-state index < -0.39 is 0 Å². The van der Waals surface area contributed by atoms with Crippen LogP contribution in [-0.4, -0.2) is 9.97 Å². The lowest BCUT2D eigenvalue weighted by atomic mass is 9.91. The molecule has 1 aromatic rings. The fraction of sp³-hybridized carbons (Fsp3) is 0.600. The zero-order chi connectivity index (χ0) is 9.68. The van der Waals surface area contributed by atoms with Crippen LogP contribution in [0.2, 0.25) is 0 Å². The lowest BCUT2D eigenvalue weighted by Gasteiger charge is -2.20. The van der Waals surface area contributed by atoms with Gasteiger partial charge in [0.2, 0.25) is 0 Å². The van der Waals surface area contributed by atoms with Gasteiger partial charge in [-0.2, -0.15) is 0 Å². The molecular weight excluding hydrogens is 162 g/mol. The average Bonchev–Trinajstić information content (AvgIpc) is 2.21. The maximum atomic E-state index is 6.08. The molecule has 0 aliphatic rings. The summed E-state index contributed by atoms with van der Waals surface area (Å²) in [6.45, 7) is 4.33. The molecular formula is C10H17N3. The van der Waals surface area contributed by atoms with Crippen LogP contribution in [0.4, 0.5) is 0 Å². The highest BCUT2D eigenvalue weighted by atomic mass is 14.8. The minimum Gasteiger partial charge on any atom is -0.324 e. The molecule has 0 fully saturated rings. The first-order valence-electron chi connectivity index (χ1n) is 4.80. The number of hydrogen-bond acceptors (Lipinski definition) is 3. The van der Waals surface area contributed by atoms with Gasteiger partial charge in [0.15, 0.2) is 0 Å². The number of nitrogens with two attached hydrogens (primary N) is 1. The van der Waals surface area contributed by atoms with Crippen LogP contribution < -0.4 is 5.73 Å². The Balaban J connectivity index is 2.72. The summed E-state index contributed by atoms with van der Waals surface area (Å²) in [5.41, 5.74) is 7.12. The summed E-state index contributed by atoms with van der Waals surface area (Å²) >= 11 is 0. The van der Waals surface area contributed by atoms with E-state index in [1.807, 2.05) is 0 Å². The van der Waals surface area contributed by atoms with E-state index in [4.69, 9.17) is 5.73 Å². The molecule has 1 rings (SSSR count). The van der Waals surface area contributed by atoms with Crippen molar-refractivity contribution in [2.75, 3.05) is 0 Å². The van der Waals surface area contributed by atoms with Crippen LogP contribution in [0.5, 0.6) is 0 Å². The summed E-state index contributed by atoms with van der Waals surface area (Å²) in [6, 6.07) is 0.0798. The maximum absolute atomic E-state index is 6.08. The first-order valence-corrected chi connectivity index (χ1v) is 4.80. The minimum absolute atomic E-state index is 0.0798. The van der Waals surface area contributed by atoms with Crippen molar-refractivity contribution in [3.05, 3.63) is 24.3 Å². The van der Waals surface area contributed by atoms with E-state index in [1.54, 1.807) is 12.4 Å². The molecule has 72 valence electrons. The van der Waals surface area contributed by atoms with E-state index in [-0.39, 0.29) is 6.04 Å². The molecule has 0 spiro atoms. The van der Waals surface area contributed by atoms with Crippen molar-refractivity contribution in [2.45, 2.75) is 32.7 Å². The van der Waals surface area contributed by atoms with Gasteiger partial charge in [-0.05, 0) is 5.92 Å². The molecule has 1 atom stereocenters. The van der Waals surface area contributed by atoms with Gasteiger partial charge in [0.1, 0.15) is 6.33 Å². The molecule has 1 heterocycles. The monoisotopic (exact) mass is 179 g/mol. The SMILES string of the molecule is CCC(CC)C(N)c1cncnc1. The third kappa shape index (κ3) is 2.49. The van der Waals surface area contributed by atoms with Crippen molar-refractivity contribution in [1.82, 2.24) is 9.97 Å². The normalized spacial score (nSPS) is 13.2. The van der Waals surface area contributed by atoms with Gasteiger partial charge >= 0.3 is 0 Å².